The van der Waals surface area contributed by atoms with Crippen LogP contribution in [0.5, 0.6) is 5.75 Å². The number of hydrogen-bond donors (Lipinski definition) is 1. The van der Waals surface area contributed by atoms with Crippen molar-refractivity contribution in [3.63, 3.8) is 0 Å². The molecular weight excluding hydrogens is 372 g/mol. The van der Waals surface area contributed by atoms with E-state index in [-0.39, 0.29) is 11.3 Å². The van der Waals surface area contributed by atoms with E-state index >= 15 is 0 Å². The average Bonchev–Trinajstić information content (AvgIpc) is 2.94. The highest BCUT2D eigenvalue weighted by molar-refractivity contribution is 5.84. The maximum absolute atomic E-state index is 12.5. The Morgan fingerprint density at radius 1 is 1.13 bits per heavy atom. The Bertz CT molecular complexity index is 950. The van der Waals surface area contributed by atoms with E-state index in [1.54, 1.807) is 0 Å². The smallest absolute Gasteiger partial charge is 0.223 e. The maximum Gasteiger partial charge on any atom is 0.223 e. The Morgan fingerprint density at radius 3 is 2.80 bits per heavy atom. The molecule has 0 bridgehead atoms. The molecule has 4 nitrogen and oxygen atoms in total. The molecule has 0 spiro atoms. The minimum Gasteiger partial charge on any atom is -0.494 e. The molecule has 0 saturated carbocycles. The van der Waals surface area contributed by atoms with Crippen LogP contribution in [0.25, 0.3) is 6.08 Å². The topological polar surface area (TPSA) is 41.6 Å². The Balaban J connectivity index is 1.64. The van der Waals surface area contributed by atoms with Crippen LogP contribution in [0, 0.1) is 0 Å². The number of anilines is 1. The van der Waals surface area contributed by atoms with Gasteiger partial charge in [-0.15, -0.1) is 0 Å². The van der Waals surface area contributed by atoms with Crippen molar-refractivity contribution < 1.29 is 9.53 Å². The van der Waals surface area contributed by atoms with Crippen LogP contribution in [0.15, 0.2) is 54.6 Å². The molecule has 4 rings (SSSR count). The molecule has 0 unspecified atom stereocenters. The summed E-state index contributed by atoms with van der Waals surface area (Å²) in [5, 5.41) is 3.33. The highest BCUT2D eigenvalue weighted by atomic mass is 16.5. The number of rotatable bonds is 7. The molecule has 1 fully saturated rings. The van der Waals surface area contributed by atoms with E-state index < -0.39 is 5.66 Å². The van der Waals surface area contributed by atoms with Gasteiger partial charge in [0.15, 0.2) is 0 Å². The highest BCUT2D eigenvalue weighted by Crippen LogP contribution is 2.52. The lowest BCUT2D eigenvalue weighted by atomic mass is 9.74. The molecule has 2 heterocycles. The van der Waals surface area contributed by atoms with E-state index in [2.05, 4.69) is 79.5 Å². The molecular formula is C26H32N2O2. The molecule has 4 heteroatoms. The van der Waals surface area contributed by atoms with Crippen LogP contribution in [0.4, 0.5) is 5.69 Å². The second kappa shape index (κ2) is 8.17. The van der Waals surface area contributed by atoms with Crippen LogP contribution in [-0.2, 0) is 10.2 Å². The van der Waals surface area contributed by atoms with Gasteiger partial charge in [-0.2, -0.15) is 0 Å². The van der Waals surface area contributed by atoms with Gasteiger partial charge in [-0.3, -0.25) is 4.79 Å². The maximum atomic E-state index is 12.5. The fourth-order valence-corrected chi connectivity index (χ4v) is 4.79. The zero-order chi connectivity index (χ0) is 21.2. The SMILES string of the molecule is CCCCCOc1cccc(C=C[C@]23NC(=O)CCN2c2ccccc2C3(C)C)c1. The zero-order valence-electron chi connectivity index (χ0n) is 18.3. The van der Waals surface area contributed by atoms with Gasteiger partial charge in [-0.1, -0.05) is 70.0 Å². The van der Waals surface area contributed by atoms with Gasteiger partial charge in [0, 0.05) is 24.1 Å². The largest absolute Gasteiger partial charge is 0.494 e. The van der Waals surface area contributed by atoms with Gasteiger partial charge in [0.05, 0.1) is 6.61 Å². The monoisotopic (exact) mass is 404 g/mol. The number of para-hydroxylation sites is 1. The Kier molecular flexibility index (Phi) is 5.59. The molecule has 1 atom stereocenters. The summed E-state index contributed by atoms with van der Waals surface area (Å²) >= 11 is 0. The number of nitrogens with zero attached hydrogens (tertiary/aromatic N) is 1. The first-order chi connectivity index (χ1) is 14.5. The molecule has 0 aliphatic carbocycles. The van der Waals surface area contributed by atoms with Gasteiger partial charge >= 0.3 is 0 Å². The van der Waals surface area contributed by atoms with Crippen LogP contribution >= 0.6 is 0 Å². The first-order valence-corrected chi connectivity index (χ1v) is 11.1. The number of nitrogens with one attached hydrogen (secondary N) is 1. The number of fused-ring (bicyclic) bond motifs is 3. The molecule has 2 aliphatic heterocycles. The Morgan fingerprint density at radius 2 is 1.97 bits per heavy atom. The summed E-state index contributed by atoms with van der Waals surface area (Å²) in [6.07, 6.45) is 8.25. The first kappa shape index (κ1) is 20.5. The van der Waals surface area contributed by atoms with Crippen LogP contribution in [0.3, 0.4) is 0 Å². The highest BCUT2D eigenvalue weighted by Gasteiger charge is 2.57. The number of carbonyl (C=O) groups excluding carboxylic acids is 1. The molecule has 0 aromatic heterocycles. The lowest BCUT2D eigenvalue weighted by Crippen LogP contribution is -2.68. The minimum absolute atomic E-state index is 0.102. The summed E-state index contributed by atoms with van der Waals surface area (Å²) in [5.74, 6) is 0.994. The summed E-state index contributed by atoms with van der Waals surface area (Å²) < 4.78 is 5.92. The van der Waals surface area contributed by atoms with Crippen molar-refractivity contribution in [2.24, 2.45) is 0 Å². The van der Waals surface area contributed by atoms with Crippen LogP contribution in [0.1, 0.15) is 57.6 Å². The fraction of sp³-hybridized carbons (Fsp3) is 0.423. The third kappa shape index (κ3) is 3.49. The van der Waals surface area contributed by atoms with E-state index in [9.17, 15) is 4.79 Å². The lowest BCUT2D eigenvalue weighted by molar-refractivity contribution is -0.124. The third-order valence-electron chi connectivity index (χ3n) is 6.53. The van der Waals surface area contributed by atoms with Gasteiger partial charge < -0.3 is 15.0 Å². The van der Waals surface area contributed by atoms with Crippen molar-refractivity contribution >= 4 is 17.7 Å². The van der Waals surface area contributed by atoms with E-state index in [1.807, 2.05) is 12.1 Å². The second-order valence-corrected chi connectivity index (χ2v) is 8.82. The van der Waals surface area contributed by atoms with Crippen molar-refractivity contribution in [1.29, 1.82) is 0 Å². The second-order valence-electron chi connectivity index (χ2n) is 8.82. The van der Waals surface area contributed by atoms with Gasteiger partial charge in [-0.25, -0.2) is 0 Å². The van der Waals surface area contributed by atoms with Crippen molar-refractivity contribution in [2.45, 2.75) is 57.5 Å². The molecule has 1 N–H and O–H groups in total. The molecule has 2 aliphatic rings. The molecule has 30 heavy (non-hydrogen) atoms. The van der Waals surface area contributed by atoms with Crippen LogP contribution < -0.4 is 15.0 Å². The van der Waals surface area contributed by atoms with Crippen molar-refractivity contribution in [3.05, 3.63) is 65.7 Å². The van der Waals surface area contributed by atoms with Crippen LogP contribution in [-0.4, -0.2) is 24.7 Å². The zero-order valence-corrected chi connectivity index (χ0v) is 18.3. The first-order valence-electron chi connectivity index (χ1n) is 11.1. The van der Waals surface area contributed by atoms with Crippen molar-refractivity contribution in [2.75, 3.05) is 18.1 Å². The quantitative estimate of drug-likeness (QED) is 0.638. The predicted octanol–water partition coefficient (Wildman–Crippen LogP) is 5.28. The molecule has 158 valence electrons. The summed E-state index contributed by atoms with van der Waals surface area (Å²) in [4.78, 5) is 14.8. The summed E-state index contributed by atoms with van der Waals surface area (Å²) in [6.45, 7) is 8.10. The Labute approximate surface area is 179 Å². The molecule has 0 radical (unpaired) electrons. The van der Waals surface area contributed by atoms with E-state index in [0.717, 1.165) is 30.9 Å². The van der Waals surface area contributed by atoms with Gasteiger partial charge in [0.25, 0.3) is 0 Å². The van der Waals surface area contributed by atoms with Gasteiger partial charge in [-0.05, 0) is 41.8 Å². The van der Waals surface area contributed by atoms with Gasteiger partial charge in [0.2, 0.25) is 5.91 Å². The number of unbranched alkanes of at least 4 members (excludes halogenated alkanes) is 2. The molecule has 2 aromatic rings. The minimum atomic E-state index is -0.579. The average molecular weight is 405 g/mol. The van der Waals surface area contributed by atoms with Crippen molar-refractivity contribution in [3.8, 4) is 5.75 Å². The number of benzene rings is 2. The van der Waals surface area contributed by atoms with Crippen molar-refractivity contribution in [1.82, 2.24) is 5.32 Å². The van der Waals surface area contributed by atoms with Crippen LogP contribution in [0.2, 0.25) is 0 Å². The summed E-state index contributed by atoms with van der Waals surface area (Å²) in [7, 11) is 0. The Hall–Kier alpha value is -2.75. The number of carbonyl (C=O) groups is 1. The number of hydrogen-bond acceptors (Lipinski definition) is 3. The third-order valence-corrected chi connectivity index (χ3v) is 6.53. The van der Waals surface area contributed by atoms with E-state index in [1.165, 1.54) is 24.1 Å². The standard InChI is InChI=1S/C26H32N2O2/c1-4-5-8-18-30-21-11-9-10-20(19-21)14-16-26-25(2,3)22-12-6-7-13-23(22)28(26)17-15-24(29)27-26/h6-7,9-14,16,19H,4-5,8,15,17-18H2,1-3H3,(H,27,29)/t26-/m0/s1. The molecule has 1 saturated heterocycles. The van der Waals surface area contributed by atoms with E-state index in [0.29, 0.717) is 6.42 Å². The number of amides is 1. The normalized spacial score (nSPS) is 22.0. The van der Waals surface area contributed by atoms with Gasteiger partial charge in [0.1, 0.15) is 11.4 Å². The summed E-state index contributed by atoms with van der Waals surface area (Å²) in [5.41, 5.74) is 2.71. The fourth-order valence-electron chi connectivity index (χ4n) is 4.79. The lowest BCUT2D eigenvalue weighted by Gasteiger charge is -2.49. The predicted molar refractivity (Wildman–Crippen MR) is 123 cm³/mol. The molecule has 1 amide bonds. The summed E-state index contributed by atoms with van der Waals surface area (Å²) in [6, 6.07) is 16.7. The van der Waals surface area contributed by atoms with E-state index in [4.69, 9.17) is 4.74 Å². The molecule has 2 aromatic carbocycles. The number of ether oxygens (including phenoxy) is 1.